The van der Waals surface area contributed by atoms with Gasteiger partial charge in [0.1, 0.15) is 10.0 Å². The molecule has 0 aliphatic heterocycles. The van der Waals surface area contributed by atoms with Crippen molar-refractivity contribution in [3.05, 3.63) is 52.7 Å². The predicted octanol–water partition coefficient (Wildman–Crippen LogP) is 2.12. The fraction of sp³-hybridized carbons (Fsp3) is 0.333. The minimum atomic E-state index is -3.45. The molecular formula is C15H18FNO3S2. The SMILES string of the molecule is Cc1cc(F)ccc1CNCC(O)CS(=O)(=O)c1cccs1. The van der Waals surface area contributed by atoms with Gasteiger partial charge < -0.3 is 10.4 Å². The van der Waals surface area contributed by atoms with Crippen LogP contribution in [0.2, 0.25) is 0 Å². The molecule has 4 nitrogen and oxygen atoms in total. The first-order chi connectivity index (χ1) is 10.4. The summed E-state index contributed by atoms with van der Waals surface area (Å²) in [5.41, 5.74) is 1.72. The van der Waals surface area contributed by atoms with Crippen LogP contribution in [0.15, 0.2) is 39.9 Å². The van der Waals surface area contributed by atoms with Gasteiger partial charge in [0.2, 0.25) is 0 Å². The van der Waals surface area contributed by atoms with E-state index < -0.39 is 15.9 Å². The Morgan fingerprint density at radius 1 is 1.36 bits per heavy atom. The molecule has 0 saturated heterocycles. The van der Waals surface area contributed by atoms with Crippen LogP contribution in [0.4, 0.5) is 4.39 Å². The van der Waals surface area contributed by atoms with Gasteiger partial charge in [0, 0.05) is 13.1 Å². The number of halogens is 1. The Bertz CT molecular complexity index is 714. The molecule has 2 N–H and O–H groups in total. The second-order valence-corrected chi connectivity index (χ2v) is 8.28. The summed E-state index contributed by atoms with van der Waals surface area (Å²) in [6.07, 6.45) is -0.993. The van der Waals surface area contributed by atoms with Crippen molar-refractivity contribution < 1.29 is 17.9 Å². The lowest BCUT2D eigenvalue weighted by atomic mass is 10.1. The number of sulfone groups is 1. The van der Waals surface area contributed by atoms with E-state index in [2.05, 4.69) is 5.32 Å². The largest absolute Gasteiger partial charge is 0.391 e. The molecule has 120 valence electrons. The average Bonchev–Trinajstić information content (AvgIpc) is 2.95. The van der Waals surface area contributed by atoms with Gasteiger partial charge in [-0.15, -0.1) is 11.3 Å². The van der Waals surface area contributed by atoms with E-state index in [1.807, 2.05) is 0 Å². The molecule has 0 fully saturated rings. The monoisotopic (exact) mass is 343 g/mol. The summed E-state index contributed by atoms with van der Waals surface area (Å²) in [6.45, 7) is 2.40. The van der Waals surface area contributed by atoms with Crippen molar-refractivity contribution in [2.75, 3.05) is 12.3 Å². The smallest absolute Gasteiger partial charge is 0.190 e. The van der Waals surface area contributed by atoms with Crippen LogP contribution in [-0.2, 0) is 16.4 Å². The number of nitrogens with one attached hydrogen (secondary N) is 1. The maximum Gasteiger partial charge on any atom is 0.190 e. The van der Waals surface area contributed by atoms with Crippen molar-refractivity contribution in [3.63, 3.8) is 0 Å². The van der Waals surface area contributed by atoms with Crippen molar-refractivity contribution >= 4 is 21.2 Å². The van der Waals surface area contributed by atoms with E-state index in [0.29, 0.717) is 6.54 Å². The van der Waals surface area contributed by atoms with Crippen molar-refractivity contribution in [2.24, 2.45) is 0 Å². The quantitative estimate of drug-likeness (QED) is 0.808. The standard InChI is InChI=1S/C15H18FNO3S2/c1-11-7-13(16)5-4-12(11)8-17-9-14(18)10-22(19,20)15-3-2-6-21-15/h2-7,14,17-18H,8-10H2,1H3. The van der Waals surface area contributed by atoms with Crippen LogP contribution in [0.1, 0.15) is 11.1 Å². The summed E-state index contributed by atoms with van der Waals surface area (Å²) in [5, 5.41) is 14.6. The van der Waals surface area contributed by atoms with Gasteiger partial charge in [-0.3, -0.25) is 0 Å². The third-order valence-electron chi connectivity index (χ3n) is 3.21. The first kappa shape index (κ1) is 17.1. The highest BCUT2D eigenvalue weighted by molar-refractivity contribution is 7.93. The van der Waals surface area contributed by atoms with Crippen molar-refractivity contribution in [1.82, 2.24) is 5.32 Å². The average molecular weight is 343 g/mol. The predicted molar refractivity (Wildman–Crippen MR) is 85.2 cm³/mol. The number of hydrogen-bond donors (Lipinski definition) is 2. The maximum atomic E-state index is 13.0. The van der Waals surface area contributed by atoms with Crippen molar-refractivity contribution in [1.29, 1.82) is 0 Å². The van der Waals surface area contributed by atoms with Crippen LogP contribution in [0, 0.1) is 12.7 Å². The minimum absolute atomic E-state index is 0.154. The Morgan fingerprint density at radius 2 is 2.14 bits per heavy atom. The molecule has 1 aromatic carbocycles. The summed E-state index contributed by atoms with van der Waals surface area (Å²) < 4.78 is 37.3. The molecule has 0 aliphatic carbocycles. The normalized spacial score (nSPS) is 13.2. The van der Waals surface area contributed by atoms with Gasteiger partial charge in [-0.1, -0.05) is 12.1 Å². The number of aliphatic hydroxyl groups is 1. The number of hydrogen-bond acceptors (Lipinski definition) is 5. The fourth-order valence-electron chi connectivity index (χ4n) is 2.07. The van der Waals surface area contributed by atoms with Gasteiger partial charge in [0.05, 0.1) is 11.9 Å². The second-order valence-electron chi connectivity index (χ2n) is 5.07. The Balaban J connectivity index is 1.84. The van der Waals surface area contributed by atoms with Gasteiger partial charge in [0.25, 0.3) is 0 Å². The van der Waals surface area contributed by atoms with E-state index in [4.69, 9.17) is 0 Å². The zero-order chi connectivity index (χ0) is 16.2. The van der Waals surface area contributed by atoms with Gasteiger partial charge in [-0.2, -0.15) is 0 Å². The maximum absolute atomic E-state index is 13.0. The summed E-state index contributed by atoms with van der Waals surface area (Å²) in [7, 11) is -3.45. The number of aryl methyl sites for hydroxylation is 1. The molecule has 1 unspecified atom stereocenters. The van der Waals surface area contributed by atoms with E-state index in [-0.39, 0.29) is 22.3 Å². The molecule has 22 heavy (non-hydrogen) atoms. The number of thiophene rings is 1. The summed E-state index contributed by atoms with van der Waals surface area (Å²) in [5.74, 6) is -0.605. The lowest BCUT2D eigenvalue weighted by Gasteiger charge is -2.13. The minimum Gasteiger partial charge on any atom is -0.391 e. The molecule has 0 spiro atoms. The van der Waals surface area contributed by atoms with Gasteiger partial charge in [-0.05, 0) is 41.6 Å². The van der Waals surface area contributed by atoms with E-state index in [9.17, 15) is 17.9 Å². The Labute approximate surface area is 133 Å². The van der Waals surface area contributed by atoms with Gasteiger partial charge >= 0.3 is 0 Å². The molecular weight excluding hydrogens is 325 g/mol. The molecule has 1 heterocycles. The molecule has 0 bridgehead atoms. The summed E-state index contributed by atoms with van der Waals surface area (Å²) >= 11 is 1.14. The lowest BCUT2D eigenvalue weighted by molar-refractivity contribution is 0.193. The zero-order valence-electron chi connectivity index (χ0n) is 12.1. The third-order valence-corrected chi connectivity index (χ3v) is 6.50. The van der Waals surface area contributed by atoms with Crippen molar-refractivity contribution in [3.8, 4) is 0 Å². The van der Waals surface area contributed by atoms with Crippen LogP contribution in [0.25, 0.3) is 0 Å². The Hall–Kier alpha value is -1.28. The third kappa shape index (κ3) is 4.61. The van der Waals surface area contributed by atoms with Crippen molar-refractivity contribution in [2.45, 2.75) is 23.8 Å². The first-order valence-corrected chi connectivity index (χ1v) is 9.32. The number of rotatable bonds is 7. The summed E-state index contributed by atoms with van der Waals surface area (Å²) in [4.78, 5) is 0. The molecule has 0 saturated carbocycles. The van der Waals surface area contributed by atoms with Crippen LogP contribution < -0.4 is 5.32 Å². The number of benzene rings is 1. The molecule has 1 aromatic heterocycles. The van der Waals surface area contributed by atoms with Gasteiger partial charge in [-0.25, -0.2) is 12.8 Å². The molecule has 1 atom stereocenters. The van der Waals surface area contributed by atoms with E-state index in [1.165, 1.54) is 18.2 Å². The molecule has 2 rings (SSSR count). The molecule has 0 amide bonds. The second kappa shape index (κ2) is 7.32. The fourth-order valence-corrected chi connectivity index (χ4v) is 4.55. The topological polar surface area (TPSA) is 66.4 Å². The van der Waals surface area contributed by atoms with E-state index in [1.54, 1.807) is 24.4 Å². The van der Waals surface area contributed by atoms with Crippen LogP contribution in [-0.4, -0.2) is 31.9 Å². The van der Waals surface area contributed by atoms with E-state index in [0.717, 1.165) is 22.5 Å². The first-order valence-electron chi connectivity index (χ1n) is 6.78. The van der Waals surface area contributed by atoms with Crippen LogP contribution in [0.5, 0.6) is 0 Å². The Morgan fingerprint density at radius 3 is 2.77 bits per heavy atom. The molecule has 0 radical (unpaired) electrons. The molecule has 0 aliphatic rings. The highest BCUT2D eigenvalue weighted by atomic mass is 32.2. The number of aliphatic hydroxyl groups excluding tert-OH is 1. The van der Waals surface area contributed by atoms with Crippen LogP contribution >= 0.6 is 11.3 Å². The van der Waals surface area contributed by atoms with E-state index >= 15 is 0 Å². The lowest BCUT2D eigenvalue weighted by Crippen LogP contribution is -2.32. The van der Waals surface area contributed by atoms with Crippen LogP contribution in [0.3, 0.4) is 0 Å². The highest BCUT2D eigenvalue weighted by Gasteiger charge is 2.20. The zero-order valence-corrected chi connectivity index (χ0v) is 13.8. The summed E-state index contributed by atoms with van der Waals surface area (Å²) in [6, 6.07) is 7.68. The van der Waals surface area contributed by atoms with Gasteiger partial charge in [0.15, 0.2) is 9.84 Å². The Kier molecular flexibility index (Phi) is 5.69. The highest BCUT2D eigenvalue weighted by Crippen LogP contribution is 2.18. The molecule has 2 aromatic rings. The molecule has 7 heteroatoms.